The molecule has 0 bridgehead atoms. The average molecular weight is 335 g/mol. The van der Waals surface area contributed by atoms with E-state index in [4.69, 9.17) is 5.26 Å². The second kappa shape index (κ2) is 7.13. The van der Waals surface area contributed by atoms with E-state index in [0.29, 0.717) is 11.6 Å². The molecule has 0 aromatic heterocycles. The zero-order valence-corrected chi connectivity index (χ0v) is 13.9. The Morgan fingerprint density at radius 3 is 2.70 bits per heavy atom. The second-order valence-electron chi connectivity index (χ2n) is 6.16. The van der Waals surface area contributed by atoms with Gasteiger partial charge in [-0.25, -0.2) is 0 Å². The Bertz CT molecular complexity index is 490. The number of nitriles is 1. The summed E-state index contributed by atoms with van der Waals surface area (Å²) < 4.78 is 0.987. The van der Waals surface area contributed by atoms with Gasteiger partial charge in [0.05, 0.1) is 11.6 Å². The van der Waals surface area contributed by atoms with Crippen LogP contribution in [0.5, 0.6) is 0 Å². The number of halogens is 1. The van der Waals surface area contributed by atoms with Crippen LogP contribution in [-0.2, 0) is 0 Å². The van der Waals surface area contributed by atoms with Crippen molar-refractivity contribution in [3.63, 3.8) is 0 Å². The fourth-order valence-corrected chi connectivity index (χ4v) is 3.56. The first-order valence-electron chi connectivity index (χ1n) is 7.56. The molecule has 1 aliphatic carbocycles. The molecule has 0 amide bonds. The first kappa shape index (κ1) is 15.4. The van der Waals surface area contributed by atoms with Crippen molar-refractivity contribution in [3.05, 3.63) is 28.2 Å². The van der Waals surface area contributed by atoms with Gasteiger partial charge in [0.25, 0.3) is 0 Å². The van der Waals surface area contributed by atoms with E-state index in [1.807, 2.05) is 18.2 Å². The average Bonchev–Trinajstić information content (AvgIpc) is 2.66. The van der Waals surface area contributed by atoms with Gasteiger partial charge in [0.15, 0.2) is 0 Å². The molecule has 0 saturated heterocycles. The molecule has 1 N–H and O–H groups in total. The highest BCUT2D eigenvalue weighted by Crippen LogP contribution is 2.31. The summed E-state index contributed by atoms with van der Waals surface area (Å²) in [5.41, 5.74) is 1.81. The summed E-state index contributed by atoms with van der Waals surface area (Å²) >= 11 is 3.56. The molecule has 1 aromatic carbocycles. The summed E-state index contributed by atoms with van der Waals surface area (Å²) in [5, 5.41) is 12.5. The maximum Gasteiger partial charge on any atom is 0.0992 e. The minimum atomic E-state index is 0.558. The van der Waals surface area contributed by atoms with Gasteiger partial charge in [-0.15, -0.1) is 0 Å². The Balaban J connectivity index is 1.98. The van der Waals surface area contributed by atoms with Gasteiger partial charge in [-0.3, -0.25) is 0 Å². The van der Waals surface area contributed by atoms with E-state index in [9.17, 15) is 0 Å². The van der Waals surface area contributed by atoms with E-state index in [2.05, 4.69) is 41.2 Å². The molecule has 0 aliphatic heterocycles. The third kappa shape index (κ3) is 3.99. The van der Waals surface area contributed by atoms with Gasteiger partial charge in [-0.05, 0) is 65.2 Å². The molecule has 2 unspecified atom stereocenters. The molecule has 1 saturated carbocycles. The molecule has 0 spiro atoms. The summed E-state index contributed by atoms with van der Waals surface area (Å²) in [6.45, 7) is 4.69. The normalized spacial score (nSPS) is 23.1. The van der Waals surface area contributed by atoms with E-state index < -0.39 is 0 Å². The largest absolute Gasteiger partial charge is 0.381 e. The molecule has 20 heavy (non-hydrogen) atoms. The maximum absolute atomic E-state index is 8.90. The van der Waals surface area contributed by atoms with Gasteiger partial charge in [0.1, 0.15) is 0 Å². The zero-order chi connectivity index (χ0) is 14.5. The SMILES string of the molecule is CC(C)C1CCCC(Nc2ccc(C#N)cc2Br)CC1. The van der Waals surface area contributed by atoms with Gasteiger partial charge in [-0.2, -0.15) is 5.26 Å². The van der Waals surface area contributed by atoms with E-state index in [-0.39, 0.29) is 0 Å². The van der Waals surface area contributed by atoms with Crippen LogP contribution < -0.4 is 5.32 Å². The van der Waals surface area contributed by atoms with E-state index in [1.54, 1.807) is 0 Å². The molecule has 0 radical (unpaired) electrons. The molecule has 2 atom stereocenters. The van der Waals surface area contributed by atoms with Crippen LogP contribution in [0.25, 0.3) is 0 Å². The highest BCUT2D eigenvalue weighted by atomic mass is 79.9. The Morgan fingerprint density at radius 2 is 2.05 bits per heavy atom. The lowest BCUT2D eigenvalue weighted by molar-refractivity contribution is 0.341. The summed E-state index contributed by atoms with van der Waals surface area (Å²) in [4.78, 5) is 0. The van der Waals surface area contributed by atoms with E-state index in [0.717, 1.165) is 22.0 Å². The van der Waals surface area contributed by atoms with Crippen molar-refractivity contribution in [1.29, 1.82) is 5.26 Å². The lowest BCUT2D eigenvalue weighted by Crippen LogP contribution is -2.19. The Kier molecular flexibility index (Phi) is 5.48. The molecule has 1 fully saturated rings. The third-order valence-electron chi connectivity index (χ3n) is 4.41. The minimum Gasteiger partial charge on any atom is -0.381 e. The van der Waals surface area contributed by atoms with Crippen LogP contribution in [-0.4, -0.2) is 6.04 Å². The number of rotatable bonds is 3. The van der Waals surface area contributed by atoms with Gasteiger partial charge in [0.2, 0.25) is 0 Å². The fraction of sp³-hybridized carbons (Fsp3) is 0.588. The first-order valence-corrected chi connectivity index (χ1v) is 8.35. The highest BCUT2D eigenvalue weighted by Gasteiger charge is 2.21. The van der Waals surface area contributed by atoms with E-state index in [1.165, 1.54) is 32.1 Å². The molecule has 2 rings (SSSR count). The lowest BCUT2D eigenvalue weighted by atomic mass is 9.89. The minimum absolute atomic E-state index is 0.558. The first-order chi connectivity index (χ1) is 9.60. The summed E-state index contributed by atoms with van der Waals surface area (Å²) in [6.07, 6.45) is 6.49. The van der Waals surface area contributed by atoms with Crippen molar-refractivity contribution in [3.8, 4) is 6.07 Å². The van der Waals surface area contributed by atoms with Crippen LogP contribution in [0, 0.1) is 23.2 Å². The van der Waals surface area contributed by atoms with E-state index >= 15 is 0 Å². The van der Waals surface area contributed by atoms with Crippen LogP contribution >= 0.6 is 15.9 Å². The van der Waals surface area contributed by atoms with Gasteiger partial charge in [-0.1, -0.05) is 26.7 Å². The van der Waals surface area contributed by atoms with Crippen LogP contribution in [0.3, 0.4) is 0 Å². The summed E-state index contributed by atoms with van der Waals surface area (Å²) in [6, 6.07) is 8.50. The van der Waals surface area contributed by atoms with Gasteiger partial charge < -0.3 is 5.32 Å². The third-order valence-corrected chi connectivity index (χ3v) is 5.07. The maximum atomic E-state index is 8.90. The Morgan fingerprint density at radius 1 is 1.25 bits per heavy atom. The second-order valence-corrected chi connectivity index (χ2v) is 7.01. The predicted octanol–water partition coefficient (Wildman–Crippen LogP) is 5.34. The molecule has 3 heteroatoms. The van der Waals surface area contributed by atoms with Crippen molar-refractivity contribution >= 4 is 21.6 Å². The lowest BCUT2D eigenvalue weighted by Gasteiger charge is -2.20. The van der Waals surface area contributed by atoms with Crippen LogP contribution in [0.2, 0.25) is 0 Å². The number of hydrogen-bond donors (Lipinski definition) is 1. The number of hydrogen-bond acceptors (Lipinski definition) is 2. The molecule has 1 aliphatic rings. The number of nitrogens with one attached hydrogen (secondary N) is 1. The smallest absolute Gasteiger partial charge is 0.0992 e. The standard InChI is InChI=1S/C17H23BrN2/c1-12(2)14-4-3-5-15(8-7-14)20-17-9-6-13(11-19)10-16(17)18/h6,9-10,12,14-15,20H,3-5,7-8H2,1-2H3. The molecular formula is C17H23BrN2. The number of anilines is 1. The zero-order valence-electron chi connectivity index (χ0n) is 12.3. The van der Waals surface area contributed by atoms with Crippen LogP contribution in [0.15, 0.2) is 22.7 Å². The van der Waals surface area contributed by atoms with Crippen molar-refractivity contribution in [2.24, 2.45) is 11.8 Å². The topological polar surface area (TPSA) is 35.8 Å². The summed E-state index contributed by atoms with van der Waals surface area (Å²) in [7, 11) is 0. The Hall–Kier alpha value is -1.01. The molecular weight excluding hydrogens is 312 g/mol. The van der Waals surface area contributed by atoms with Crippen molar-refractivity contribution in [1.82, 2.24) is 0 Å². The van der Waals surface area contributed by atoms with Gasteiger partial charge in [0, 0.05) is 16.2 Å². The van der Waals surface area contributed by atoms with Gasteiger partial charge >= 0.3 is 0 Å². The monoisotopic (exact) mass is 334 g/mol. The van der Waals surface area contributed by atoms with Crippen molar-refractivity contribution < 1.29 is 0 Å². The van der Waals surface area contributed by atoms with Crippen molar-refractivity contribution in [2.75, 3.05) is 5.32 Å². The van der Waals surface area contributed by atoms with Crippen LogP contribution in [0.4, 0.5) is 5.69 Å². The highest BCUT2D eigenvalue weighted by molar-refractivity contribution is 9.10. The summed E-state index contributed by atoms with van der Waals surface area (Å²) in [5.74, 6) is 1.68. The van der Waals surface area contributed by atoms with Crippen molar-refractivity contribution in [2.45, 2.75) is 52.0 Å². The quantitative estimate of drug-likeness (QED) is 0.757. The molecule has 108 valence electrons. The molecule has 2 nitrogen and oxygen atoms in total. The molecule has 0 heterocycles. The number of nitrogens with zero attached hydrogens (tertiary/aromatic N) is 1. The predicted molar refractivity (Wildman–Crippen MR) is 87.7 cm³/mol. The Labute approximate surface area is 130 Å². The number of benzene rings is 1. The molecule has 1 aromatic rings. The fourth-order valence-electron chi connectivity index (χ4n) is 3.06. The van der Waals surface area contributed by atoms with Crippen LogP contribution in [0.1, 0.15) is 51.5 Å².